The van der Waals surface area contributed by atoms with Crippen molar-refractivity contribution in [3.8, 4) is 23.0 Å². The average Bonchev–Trinajstić information content (AvgIpc) is 2.66. The minimum absolute atomic E-state index is 0.0827. The predicted octanol–water partition coefficient (Wildman–Crippen LogP) is 1.21. The van der Waals surface area contributed by atoms with Crippen molar-refractivity contribution in [1.29, 1.82) is 0 Å². The molecule has 0 fully saturated rings. The lowest BCUT2D eigenvalue weighted by molar-refractivity contribution is 0.415. The summed E-state index contributed by atoms with van der Waals surface area (Å²) in [7, 11) is 3.53. The van der Waals surface area contributed by atoms with E-state index in [2.05, 4.69) is 10.1 Å². The molecule has 0 radical (unpaired) electrons. The summed E-state index contributed by atoms with van der Waals surface area (Å²) in [4.78, 5) is 5.69. The van der Waals surface area contributed by atoms with Crippen LogP contribution in [0.3, 0.4) is 0 Å². The zero-order valence-electron chi connectivity index (χ0n) is 8.88. The van der Waals surface area contributed by atoms with Gasteiger partial charge in [-0.3, -0.25) is 0 Å². The molecule has 0 unspecified atom stereocenters. The first-order valence-electron chi connectivity index (χ1n) is 4.62. The lowest BCUT2D eigenvalue weighted by atomic mass is 10.2. The van der Waals surface area contributed by atoms with Crippen molar-refractivity contribution >= 4 is 5.95 Å². The summed E-state index contributed by atoms with van der Waals surface area (Å²) >= 11 is 0. The van der Waals surface area contributed by atoms with Gasteiger partial charge in [0.1, 0.15) is 17.1 Å². The third-order valence-corrected chi connectivity index (χ3v) is 2.05. The van der Waals surface area contributed by atoms with Gasteiger partial charge in [0.2, 0.25) is 0 Å². The monoisotopic (exact) mass is 221 g/mol. The van der Waals surface area contributed by atoms with E-state index in [9.17, 15) is 10.2 Å². The van der Waals surface area contributed by atoms with Crippen LogP contribution in [0.1, 0.15) is 0 Å². The molecule has 84 valence electrons. The van der Waals surface area contributed by atoms with Gasteiger partial charge in [0, 0.05) is 14.1 Å². The number of anilines is 1. The molecule has 0 aliphatic rings. The van der Waals surface area contributed by atoms with Crippen LogP contribution >= 0.6 is 0 Å². The van der Waals surface area contributed by atoms with E-state index in [-0.39, 0.29) is 23.0 Å². The third-order valence-electron chi connectivity index (χ3n) is 2.05. The van der Waals surface area contributed by atoms with Gasteiger partial charge in [-0.15, -0.1) is 0 Å². The Labute approximate surface area is 91.8 Å². The van der Waals surface area contributed by atoms with Crippen LogP contribution in [-0.4, -0.2) is 34.4 Å². The predicted molar refractivity (Wildman–Crippen MR) is 57.4 cm³/mol. The summed E-state index contributed by atoms with van der Waals surface area (Å²) in [6.45, 7) is 0. The van der Waals surface area contributed by atoms with Gasteiger partial charge < -0.3 is 19.6 Å². The van der Waals surface area contributed by atoms with E-state index in [1.807, 2.05) is 0 Å². The first-order valence-corrected chi connectivity index (χ1v) is 4.62. The van der Waals surface area contributed by atoms with Gasteiger partial charge >= 0.3 is 0 Å². The molecule has 1 heterocycles. The minimum Gasteiger partial charge on any atom is -0.507 e. The third kappa shape index (κ3) is 1.65. The molecule has 0 atom stereocenters. The SMILES string of the molecule is CN(C)c1noc(-c2c(O)cccc2O)n1. The van der Waals surface area contributed by atoms with Gasteiger partial charge in [0.25, 0.3) is 11.8 Å². The zero-order valence-corrected chi connectivity index (χ0v) is 8.88. The quantitative estimate of drug-likeness (QED) is 0.793. The first-order chi connectivity index (χ1) is 7.59. The number of benzene rings is 1. The average molecular weight is 221 g/mol. The summed E-state index contributed by atoms with van der Waals surface area (Å²) < 4.78 is 4.95. The second-order valence-electron chi connectivity index (χ2n) is 3.47. The van der Waals surface area contributed by atoms with E-state index in [4.69, 9.17) is 4.52 Å². The van der Waals surface area contributed by atoms with Gasteiger partial charge in [-0.1, -0.05) is 6.07 Å². The summed E-state index contributed by atoms with van der Waals surface area (Å²) in [5, 5.41) is 22.9. The molecule has 0 bridgehead atoms. The van der Waals surface area contributed by atoms with Crippen LogP contribution < -0.4 is 4.90 Å². The number of phenols is 2. The summed E-state index contributed by atoms with van der Waals surface area (Å²) in [5.41, 5.74) is 0.142. The molecule has 2 aromatic rings. The molecule has 0 aliphatic heterocycles. The normalized spacial score (nSPS) is 10.4. The Kier molecular flexibility index (Phi) is 2.40. The Balaban J connectivity index is 2.50. The highest BCUT2D eigenvalue weighted by molar-refractivity contribution is 5.70. The molecule has 1 aromatic carbocycles. The maximum atomic E-state index is 9.59. The standard InChI is InChI=1S/C10H11N3O3/c1-13(2)10-11-9(16-12-10)8-6(14)4-3-5-7(8)15/h3-5,14-15H,1-2H3. The molecule has 6 nitrogen and oxygen atoms in total. The summed E-state index contributed by atoms with van der Waals surface area (Å²) in [6.07, 6.45) is 0. The maximum absolute atomic E-state index is 9.59. The van der Waals surface area contributed by atoms with E-state index in [1.165, 1.54) is 18.2 Å². The van der Waals surface area contributed by atoms with Crippen LogP contribution in [0.5, 0.6) is 11.5 Å². The smallest absolute Gasteiger partial charge is 0.267 e. The van der Waals surface area contributed by atoms with Gasteiger partial charge in [-0.2, -0.15) is 4.98 Å². The molecule has 16 heavy (non-hydrogen) atoms. The van der Waals surface area contributed by atoms with Crippen molar-refractivity contribution in [2.24, 2.45) is 0 Å². The zero-order chi connectivity index (χ0) is 11.7. The number of rotatable bonds is 2. The molecule has 0 aliphatic carbocycles. The molecular formula is C10H11N3O3. The van der Waals surface area contributed by atoms with Crippen LogP contribution in [-0.2, 0) is 0 Å². The topological polar surface area (TPSA) is 82.6 Å². The number of hydrogen-bond acceptors (Lipinski definition) is 6. The Morgan fingerprint density at radius 2 is 1.81 bits per heavy atom. The summed E-state index contributed by atoms with van der Waals surface area (Å²) in [5.74, 6) is 0.250. The van der Waals surface area contributed by atoms with E-state index in [1.54, 1.807) is 19.0 Å². The van der Waals surface area contributed by atoms with Crippen LogP contribution in [0.15, 0.2) is 22.7 Å². The van der Waals surface area contributed by atoms with Crippen molar-refractivity contribution in [1.82, 2.24) is 10.1 Å². The molecule has 6 heteroatoms. The molecule has 1 aromatic heterocycles. The van der Waals surface area contributed by atoms with Crippen LogP contribution in [0.4, 0.5) is 5.95 Å². The van der Waals surface area contributed by atoms with Crippen molar-refractivity contribution in [2.45, 2.75) is 0 Å². The molecular weight excluding hydrogens is 210 g/mol. The summed E-state index contributed by atoms with van der Waals surface area (Å²) in [6, 6.07) is 4.40. The fourth-order valence-electron chi connectivity index (χ4n) is 1.25. The van der Waals surface area contributed by atoms with E-state index in [0.717, 1.165) is 0 Å². The molecule has 0 saturated heterocycles. The van der Waals surface area contributed by atoms with Crippen molar-refractivity contribution < 1.29 is 14.7 Å². The minimum atomic E-state index is -0.103. The number of nitrogens with zero attached hydrogens (tertiary/aromatic N) is 3. The van der Waals surface area contributed by atoms with Gasteiger partial charge in [0.05, 0.1) is 0 Å². The molecule has 2 N–H and O–H groups in total. The Morgan fingerprint density at radius 1 is 1.19 bits per heavy atom. The number of aromatic nitrogens is 2. The highest BCUT2D eigenvalue weighted by Crippen LogP contribution is 2.36. The van der Waals surface area contributed by atoms with E-state index < -0.39 is 0 Å². The largest absolute Gasteiger partial charge is 0.507 e. The van der Waals surface area contributed by atoms with Crippen molar-refractivity contribution in [3.05, 3.63) is 18.2 Å². The number of phenolic OH excluding ortho intramolecular Hbond substituents is 2. The molecule has 2 rings (SSSR count). The fourth-order valence-corrected chi connectivity index (χ4v) is 1.25. The second-order valence-corrected chi connectivity index (χ2v) is 3.47. The van der Waals surface area contributed by atoms with Crippen LogP contribution in [0.2, 0.25) is 0 Å². The fraction of sp³-hybridized carbons (Fsp3) is 0.200. The first kappa shape index (κ1) is 10.3. The molecule has 0 saturated carbocycles. The van der Waals surface area contributed by atoms with Crippen LogP contribution in [0.25, 0.3) is 11.5 Å². The highest BCUT2D eigenvalue weighted by atomic mass is 16.5. The Hall–Kier alpha value is -2.24. The van der Waals surface area contributed by atoms with Gasteiger partial charge in [-0.05, 0) is 17.3 Å². The number of hydrogen-bond donors (Lipinski definition) is 2. The lowest BCUT2D eigenvalue weighted by Gasteiger charge is -2.03. The Bertz CT molecular complexity index is 488. The Morgan fingerprint density at radius 3 is 2.31 bits per heavy atom. The highest BCUT2D eigenvalue weighted by Gasteiger charge is 2.17. The molecule has 0 amide bonds. The van der Waals surface area contributed by atoms with Gasteiger partial charge in [-0.25, -0.2) is 0 Å². The van der Waals surface area contributed by atoms with Crippen molar-refractivity contribution in [3.63, 3.8) is 0 Å². The van der Waals surface area contributed by atoms with Crippen molar-refractivity contribution in [2.75, 3.05) is 19.0 Å². The molecule has 0 spiro atoms. The van der Waals surface area contributed by atoms with Gasteiger partial charge in [0.15, 0.2) is 0 Å². The lowest BCUT2D eigenvalue weighted by Crippen LogP contribution is -2.10. The van der Waals surface area contributed by atoms with E-state index in [0.29, 0.717) is 5.95 Å². The number of aromatic hydroxyl groups is 2. The van der Waals surface area contributed by atoms with E-state index >= 15 is 0 Å². The van der Waals surface area contributed by atoms with Crippen LogP contribution in [0, 0.1) is 0 Å². The maximum Gasteiger partial charge on any atom is 0.267 e. The second kappa shape index (κ2) is 3.73.